The van der Waals surface area contributed by atoms with Crippen molar-refractivity contribution in [1.29, 1.82) is 0 Å². The average molecular weight is 354 g/mol. The maximum absolute atomic E-state index is 5.41. The zero-order chi connectivity index (χ0) is 17.8. The van der Waals surface area contributed by atoms with Crippen molar-refractivity contribution in [3.05, 3.63) is 36.2 Å². The van der Waals surface area contributed by atoms with Crippen LogP contribution in [-0.4, -0.2) is 60.4 Å². The molecule has 1 atom stereocenters. The van der Waals surface area contributed by atoms with Crippen molar-refractivity contribution in [2.45, 2.75) is 25.8 Å². The highest BCUT2D eigenvalue weighted by Crippen LogP contribution is 2.23. The van der Waals surface area contributed by atoms with Crippen LogP contribution in [-0.2, 0) is 4.74 Å². The molecule has 0 amide bonds. The predicted molar refractivity (Wildman–Crippen MR) is 103 cm³/mol. The fourth-order valence-electron chi connectivity index (χ4n) is 3.65. The molecule has 7 nitrogen and oxygen atoms in total. The van der Waals surface area contributed by atoms with Crippen molar-refractivity contribution >= 4 is 17.6 Å². The van der Waals surface area contributed by atoms with Gasteiger partial charge in [-0.2, -0.15) is 4.98 Å². The number of nitrogens with one attached hydrogen (secondary N) is 1. The number of rotatable bonds is 4. The summed E-state index contributed by atoms with van der Waals surface area (Å²) in [5.41, 5.74) is 1.23. The molecule has 138 valence electrons. The predicted octanol–water partition coefficient (Wildman–Crippen LogP) is 2.10. The molecule has 0 aromatic carbocycles. The molecule has 0 spiro atoms. The Hall–Kier alpha value is -2.41. The van der Waals surface area contributed by atoms with E-state index >= 15 is 0 Å². The second-order valence-corrected chi connectivity index (χ2v) is 6.91. The monoisotopic (exact) mass is 354 g/mol. The lowest BCUT2D eigenvalue weighted by molar-refractivity contribution is 0.122. The van der Waals surface area contributed by atoms with Gasteiger partial charge in [-0.15, -0.1) is 0 Å². The van der Waals surface area contributed by atoms with Crippen molar-refractivity contribution in [3.63, 3.8) is 0 Å². The number of morpholine rings is 1. The van der Waals surface area contributed by atoms with Gasteiger partial charge in [0.05, 0.1) is 13.2 Å². The van der Waals surface area contributed by atoms with E-state index in [0.717, 1.165) is 69.8 Å². The maximum atomic E-state index is 5.41. The van der Waals surface area contributed by atoms with Gasteiger partial charge in [-0.05, 0) is 37.5 Å². The number of anilines is 3. The molecule has 1 unspecified atom stereocenters. The molecule has 2 aliphatic rings. The Kier molecular flexibility index (Phi) is 5.15. The SMILES string of the molecule is Cc1cccnc1N1CCCC(Nc2ccnc(N3CCOCC3)n2)C1. The van der Waals surface area contributed by atoms with Gasteiger partial charge < -0.3 is 19.9 Å². The minimum atomic E-state index is 0.359. The van der Waals surface area contributed by atoms with E-state index in [1.165, 1.54) is 5.56 Å². The van der Waals surface area contributed by atoms with Crippen LogP contribution in [0.2, 0.25) is 0 Å². The summed E-state index contributed by atoms with van der Waals surface area (Å²) in [7, 11) is 0. The highest BCUT2D eigenvalue weighted by Gasteiger charge is 2.22. The van der Waals surface area contributed by atoms with E-state index in [2.05, 4.69) is 38.1 Å². The Morgan fingerprint density at radius 2 is 1.96 bits per heavy atom. The zero-order valence-corrected chi connectivity index (χ0v) is 15.3. The van der Waals surface area contributed by atoms with Gasteiger partial charge >= 0.3 is 0 Å². The molecule has 4 heterocycles. The number of aryl methyl sites for hydroxylation is 1. The molecule has 2 saturated heterocycles. The van der Waals surface area contributed by atoms with Crippen LogP contribution in [0.4, 0.5) is 17.6 Å². The molecule has 7 heteroatoms. The molecule has 1 N–H and O–H groups in total. The lowest BCUT2D eigenvalue weighted by Gasteiger charge is -2.35. The smallest absolute Gasteiger partial charge is 0.227 e. The number of piperidine rings is 1. The fourth-order valence-corrected chi connectivity index (χ4v) is 3.65. The van der Waals surface area contributed by atoms with Gasteiger partial charge in [0.15, 0.2) is 0 Å². The molecule has 0 saturated carbocycles. The highest BCUT2D eigenvalue weighted by molar-refractivity contribution is 5.48. The Morgan fingerprint density at radius 3 is 2.81 bits per heavy atom. The standard InChI is InChI=1S/C19H26N6O/c1-15-4-2-7-20-18(15)25-9-3-5-16(14-25)22-17-6-8-21-19(23-17)24-10-12-26-13-11-24/h2,4,6-8,16H,3,5,9-14H2,1H3,(H,21,22,23). The average Bonchev–Trinajstić information content (AvgIpc) is 2.69. The highest BCUT2D eigenvalue weighted by atomic mass is 16.5. The summed E-state index contributed by atoms with van der Waals surface area (Å²) in [4.78, 5) is 18.3. The number of ether oxygens (including phenoxy) is 1. The molecule has 2 aromatic heterocycles. The summed E-state index contributed by atoms with van der Waals surface area (Å²) in [6.45, 7) is 7.29. The van der Waals surface area contributed by atoms with Crippen LogP contribution in [0.25, 0.3) is 0 Å². The van der Waals surface area contributed by atoms with Gasteiger partial charge in [0.25, 0.3) is 0 Å². The van der Waals surface area contributed by atoms with Gasteiger partial charge in [0, 0.05) is 44.6 Å². The van der Waals surface area contributed by atoms with Crippen LogP contribution in [0.3, 0.4) is 0 Å². The number of hydrogen-bond donors (Lipinski definition) is 1. The first kappa shape index (κ1) is 17.0. The van der Waals surface area contributed by atoms with E-state index in [1.807, 2.05) is 24.5 Å². The summed E-state index contributed by atoms with van der Waals surface area (Å²) < 4.78 is 5.41. The van der Waals surface area contributed by atoms with Crippen LogP contribution in [0.1, 0.15) is 18.4 Å². The second-order valence-electron chi connectivity index (χ2n) is 6.91. The van der Waals surface area contributed by atoms with Crippen molar-refractivity contribution in [3.8, 4) is 0 Å². The van der Waals surface area contributed by atoms with E-state index in [4.69, 9.17) is 9.72 Å². The van der Waals surface area contributed by atoms with Crippen molar-refractivity contribution < 1.29 is 4.74 Å². The molecule has 4 rings (SSSR count). The normalized spacial score (nSPS) is 20.9. The summed E-state index contributed by atoms with van der Waals surface area (Å²) >= 11 is 0. The van der Waals surface area contributed by atoms with Gasteiger partial charge in [-0.25, -0.2) is 9.97 Å². The van der Waals surface area contributed by atoms with Crippen LogP contribution < -0.4 is 15.1 Å². The Balaban J connectivity index is 1.43. The maximum Gasteiger partial charge on any atom is 0.227 e. The molecule has 2 aromatic rings. The van der Waals surface area contributed by atoms with Crippen LogP contribution >= 0.6 is 0 Å². The Bertz CT molecular complexity index is 733. The first-order valence-electron chi connectivity index (χ1n) is 9.38. The lowest BCUT2D eigenvalue weighted by Crippen LogP contribution is -2.43. The van der Waals surface area contributed by atoms with E-state index in [0.29, 0.717) is 6.04 Å². The molecular weight excluding hydrogens is 328 g/mol. The molecule has 0 bridgehead atoms. The fraction of sp³-hybridized carbons (Fsp3) is 0.526. The lowest BCUT2D eigenvalue weighted by atomic mass is 10.1. The van der Waals surface area contributed by atoms with E-state index in [1.54, 1.807) is 0 Å². The number of pyridine rings is 1. The van der Waals surface area contributed by atoms with Crippen molar-refractivity contribution in [1.82, 2.24) is 15.0 Å². The van der Waals surface area contributed by atoms with Crippen molar-refractivity contribution in [2.75, 3.05) is 54.5 Å². The summed E-state index contributed by atoms with van der Waals surface area (Å²) in [6.07, 6.45) is 6.00. The van der Waals surface area contributed by atoms with Gasteiger partial charge in [0.2, 0.25) is 5.95 Å². The van der Waals surface area contributed by atoms with Crippen molar-refractivity contribution in [2.24, 2.45) is 0 Å². The largest absolute Gasteiger partial charge is 0.378 e. The summed E-state index contributed by atoms with van der Waals surface area (Å²) in [5.74, 6) is 2.77. The van der Waals surface area contributed by atoms with Gasteiger partial charge in [0.1, 0.15) is 11.6 Å². The van der Waals surface area contributed by atoms with E-state index < -0.39 is 0 Å². The van der Waals surface area contributed by atoms with Crippen LogP contribution in [0.5, 0.6) is 0 Å². The summed E-state index contributed by atoms with van der Waals surface area (Å²) in [5, 5.41) is 3.60. The van der Waals surface area contributed by atoms with E-state index in [-0.39, 0.29) is 0 Å². The van der Waals surface area contributed by atoms with Crippen LogP contribution in [0, 0.1) is 6.92 Å². The number of hydrogen-bond acceptors (Lipinski definition) is 7. The van der Waals surface area contributed by atoms with Gasteiger partial charge in [-0.1, -0.05) is 6.07 Å². The Morgan fingerprint density at radius 1 is 1.08 bits per heavy atom. The molecule has 26 heavy (non-hydrogen) atoms. The zero-order valence-electron chi connectivity index (χ0n) is 15.3. The van der Waals surface area contributed by atoms with E-state index in [9.17, 15) is 0 Å². The molecule has 2 aliphatic heterocycles. The van der Waals surface area contributed by atoms with Gasteiger partial charge in [-0.3, -0.25) is 0 Å². The minimum Gasteiger partial charge on any atom is -0.378 e. The number of nitrogens with zero attached hydrogens (tertiary/aromatic N) is 5. The number of aromatic nitrogens is 3. The minimum absolute atomic E-state index is 0.359. The Labute approximate surface area is 154 Å². The molecule has 0 radical (unpaired) electrons. The molecule has 0 aliphatic carbocycles. The first-order chi connectivity index (χ1) is 12.8. The third-order valence-corrected chi connectivity index (χ3v) is 4.99. The molecule has 2 fully saturated rings. The third kappa shape index (κ3) is 3.88. The quantitative estimate of drug-likeness (QED) is 0.902. The van der Waals surface area contributed by atoms with Crippen LogP contribution in [0.15, 0.2) is 30.6 Å². The third-order valence-electron chi connectivity index (χ3n) is 4.99. The topological polar surface area (TPSA) is 66.4 Å². The first-order valence-corrected chi connectivity index (χ1v) is 9.38. The summed E-state index contributed by atoms with van der Waals surface area (Å²) in [6, 6.07) is 6.43. The second kappa shape index (κ2) is 7.86. The molecular formula is C19H26N6O.